The first-order chi connectivity index (χ1) is 10.1. The third kappa shape index (κ3) is 3.76. The maximum Gasteiger partial charge on any atom is -1.00 e. The summed E-state index contributed by atoms with van der Waals surface area (Å²) < 4.78 is 3.80. The normalized spacial score (nSPS) is 23.4. The summed E-state index contributed by atoms with van der Waals surface area (Å²) in [7, 11) is 0. The number of rotatable bonds is 2. The van der Waals surface area contributed by atoms with Gasteiger partial charge in [-0.25, -0.2) is 0 Å². The molecule has 4 heteroatoms. The van der Waals surface area contributed by atoms with Crippen LogP contribution in [0.5, 0.6) is 0 Å². The SMILES string of the molecule is CC1=C(C)C(C)[C]([Ti+2]([C]2=C(C)C(C)=C(C)C2C)=[Si](C)C)=C1C.[Cl-].[Cl-]. The van der Waals surface area contributed by atoms with Crippen molar-refractivity contribution in [1.29, 1.82) is 0 Å². The van der Waals surface area contributed by atoms with Crippen LogP contribution in [-0.4, -0.2) is 6.19 Å². The number of halogens is 2. The van der Waals surface area contributed by atoms with Crippen LogP contribution >= 0.6 is 0 Å². The maximum atomic E-state index is 2.58. The maximum absolute atomic E-state index is 2.58. The van der Waals surface area contributed by atoms with Crippen molar-refractivity contribution in [2.24, 2.45) is 11.8 Å². The first-order valence-electron chi connectivity index (χ1n) is 8.56. The van der Waals surface area contributed by atoms with E-state index in [1.54, 1.807) is 33.4 Å². The van der Waals surface area contributed by atoms with Crippen LogP contribution in [0.2, 0.25) is 13.1 Å². The van der Waals surface area contributed by atoms with E-state index in [1.807, 2.05) is 7.76 Å². The van der Waals surface area contributed by atoms with E-state index in [4.69, 9.17) is 0 Å². The Kier molecular flexibility index (Phi) is 9.09. The molecule has 0 bridgehead atoms. The molecule has 0 saturated heterocycles. The van der Waals surface area contributed by atoms with E-state index >= 15 is 0 Å². The Morgan fingerprint density at radius 3 is 1.08 bits per heavy atom. The van der Waals surface area contributed by atoms with E-state index in [0.29, 0.717) is 11.8 Å². The van der Waals surface area contributed by atoms with Crippen LogP contribution in [0.25, 0.3) is 0 Å². The van der Waals surface area contributed by atoms with Gasteiger partial charge >= 0.3 is 144 Å². The van der Waals surface area contributed by atoms with Gasteiger partial charge in [-0.1, -0.05) is 0 Å². The molecule has 134 valence electrons. The molecule has 0 aromatic carbocycles. The molecule has 24 heavy (non-hydrogen) atoms. The Hall–Kier alpha value is 0.471. The molecule has 2 aliphatic rings. The van der Waals surface area contributed by atoms with Crippen molar-refractivity contribution in [3.05, 3.63) is 41.2 Å². The van der Waals surface area contributed by atoms with Crippen molar-refractivity contribution in [3.63, 3.8) is 0 Å². The monoisotopic (exact) mass is 418 g/mol. The molecular formula is C20H32Cl2SiTi. The largest absolute Gasteiger partial charge is 1.00 e. The molecule has 0 aromatic heterocycles. The van der Waals surface area contributed by atoms with Crippen LogP contribution in [0, 0.1) is 11.8 Å². The molecule has 2 unspecified atom stereocenters. The fraction of sp³-hybridized carbons (Fsp3) is 0.600. The summed E-state index contributed by atoms with van der Waals surface area (Å²) in [6.07, 6.45) is -0.264. The molecule has 0 fully saturated rings. The van der Waals surface area contributed by atoms with Crippen LogP contribution in [0.4, 0.5) is 0 Å². The van der Waals surface area contributed by atoms with Gasteiger partial charge < -0.3 is 24.8 Å². The molecule has 0 saturated carbocycles. The van der Waals surface area contributed by atoms with Gasteiger partial charge in [0, 0.05) is 0 Å². The minimum atomic E-state index is -1.36. The Morgan fingerprint density at radius 2 is 0.917 bits per heavy atom. The summed E-state index contributed by atoms with van der Waals surface area (Å²) in [5.41, 5.74) is 9.74. The molecule has 0 heterocycles. The van der Waals surface area contributed by atoms with E-state index in [9.17, 15) is 0 Å². The van der Waals surface area contributed by atoms with Gasteiger partial charge in [0.25, 0.3) is 0 Å². The van der Waals surface area contributed by atoms with Gasteiger partial charge in [-0.05, 0) is 0 Å². The van der Waals surface area contributed by atoms with Gasteiger partial charge in [0.1, 0.15) is 0 Å². The fourth-order valence-electron chi connectivity index (χ4n) is 4.22. The number of hydrogen-bond acceptors (Lipinski definition) is 0. The van der Waals surface area contributed by atoms with Crippen molar-refractivity contribution in [1.82, 2.24) is 0 Å². The molecule has 2 atom stereocenters. The second-order valence-electron chi connectivity index (χ2n) is 7.51. The van der Waals surface area contributed by atoms with E-state index in [0.717, 1.165) is 0 Å². The predicted molar refractivity (Wildman–Crippen MR) is 98.0 cm³/mol. The summed E-state index contributed by atoms with van der Waals surface area (Å²) in [5, 5.41) is 0. The van der Waals surface area contributed by atoms with Crippen molar-refractivity contribution in [3.8, 4) is 0 Å². The van der Waals surface area contributed by atoms with E-state index in [2.05, 4.69) is 68.5 Å². The van der Waals surface area contributed by atoms with Gasteiger partial charge in [-0.2, -0.15) is 0 Å². The van der Waals surface area contributed by atoms with Gasteiger partial charge in [-0.15, -0.1) is 0 Å². The van der Waals surface area contributed by atoms with Crippen molar-refractivity contribution in [2.75, 3.05) is 0 Å². The van der Waals surface area contributed by atoms with Crippen LogP contribution in [-0.2, 0) is 16.6 Å². The second-order valence-corrected chi connectivity index (χ2v) is 19.1. The van der Waals surface area contributed by atoms with Crippen LogP contribution in [0.3, 0.4) is 0 Å². The van der Waals surface area contributed by atoms with Gasteiger partial charge in [0.2, 0.25) is 0 Å². The molecule has 2 rings (SSSR count). The topological polar surface area (TPSA) is 0 Å². The number of allylic oxidation sites excluding steroid dienone is 8. The summed E-state index contributed by atoms with van der Waals surface area (Å²) in [6.45, 7) is 24.3. The minimum absolute atomic E-state index is 0. The molecule has 2 aliphatic carbocycles. The molecule has 0 radical (unpaired) electrons. The van der Waals surface area contributed by atoms with E-state index in [1.165, 1.54) is 0 Å². The summed E-state index contributed by atoms with van der Waals surface area (Å²) in [6, 6.07) is 0. The average molecular weight is 419 g/mol. The van der Waals surface area contributed by atoms with Crippen LogP contribution < -0.4 is 24.8 Å². The zero-order chi connectivity index (χ0) is 16.9. The molecule has 0 amide bonds. The quantitative estimate of drug-likeness (QED) is 0.569. The molecule has 0 aliphatic heterocycles. The Labute approximate surface area is 168 Å². The smallest absolute Gasteiger partial charge is 1.00 e. The van der Waals surface area contributed by atoms with Crippen LogP contribution in [0.15, 0.2) is 41.2 Å². The Balaban J connectivity index is 0.00000264. The summed E-state index contributed by atoms with van der Waals surface area (Å²) in [4.78, 5) is 0. The van der Waals surface area contributed by atoms with Crippen molar-refractivity contribution >= 4 is 6.19 Å². The zero-order valence-corrected chi connectivity index (χ0v) is 21.0. The van der Waals surface area contributed by atoms with Gasteiger partial charge in [0.15, 0.2) is 0 Å². The van der Waals surface area contributed by atoms with Crippen molar-refractivity contribution in [2.45, 2.75) is 68.5 Å². The fourth-order valence-corrected chi connectivity index (χ4v) is 17.9. The summed E-state index contributed by atoms with van der Waals surface area (Å²) in [5.74, 6) is 1.40. The number of hydrogen-bond donors (Lipinski definition) is 0. The zero-order valence-electron chi connectivity index (χ0n) is 16.9. The predicted octanol–water partition coefficient (Wildman–Crippen LogP) is 0.384. The Bertz CT molecular complexity index is 647. The first kappa shape index (κ1) is 24.5. The minimum Gasteiger partial charge on any atom is -1.00 e. The average Bonchev–Trinajstić information content (AvgIpc) is 2.76. The second kappa shape index (κ2) is 8.91. The third-order valence-electron chi connectivity index (χ3n) is 6.32. The molecule has 0 nitrogen and oxygen atoms in total. The molecule has 0 spiro atoms. The van der Waals surface area contributed by atoms with Crippen LogP contribution in [0.1, 0.15) is 55.4 Å². The standard InChI is InChI=1S/2C9H13.C2H6Si.2ClH.Ti/c2*1-6-5-7(2)9(4)8(6)3;1-3-2;;;/h2*6H,1-4H3;1-2H3;2*1H;/q;;;;;+2/p-2. The van der Waals surface area contributed by atoms with E-state index in [-0.39, 0.29) is 31.0 Å². The first-order valence-corrected chi connectivity index (χ1v) is 15.0. The van der Waals surface area contributed by atoms with E-state index < -0.39 is 16.6 Å². The summed E-state index contributed by atoms with van der Waals surface area (Å²) >= 11 is -1.36. The third-order valence-corrected chi connectivity index (χ3v) is 18.4. The van der Waals surface area contributed by atoms with Gasteiger partial charge in [-0.3, -0.25) is 0 Å². The molecular weight excluding hydrogens is 387 g/mol. The Morgan fingerprint density at radius 1 is 0.625 bits per heavy atom. The van der Waals surface area contributed by atoms with Gasteiger partial charge in [0.05, 0.1) is 0 Å². The molecule has 0 aromatic rings. The molecule has 0 N–H and O–H groups in total. The van der Waals surface area contributed by atoms with Crippen molar-refractivity contribution < 1.29 is 41.4 Å².